The van der Waals surface area contributed by atoms with E-state index in [1.54, 1.807) is 0 Å². The van der Waals surface area contributed by atoms with Gasteiger partial charge in [0.05, 0.1) is 6.10 Å². The molecule has 154 valence electrons. The quantitative estimate of drug-likeness (QED) is 0.366. The molecule has 1 saturated carbocycles. The van der Waals surface area contributed by atoms with Crippen molar-refractivity contribution in [1.82, 2.24) is 5.32 Å². The minimum atomic E-state index is -1.78. The molecule has 1 aromatic carbocycles. The van der Waals surface area contributed by atoms with Gasteiger partial charge >= 0.3 is 0 Å². The molecule has 0 radical (unpaired) electrons. The Hall–Kier alpha value is -0.0631. The monoisotopic (exact) mass is 429 g/mol. The van der Waals surface area contributed by atoms with Gasteiger partial charge in [-0.2, -0.15) is 0 Å². The number of benzene rings is 1. The van der Waals surface area contributed by atoms with Gasteiger partial charge in [0.15, 0.2) is 8.32 Å². The Morgan fingerprint density at radius 2 is 1.63 bits per heavy atom. The van der Waals surface area contributed by atoms with Gasteiger partial charge in [-0.05, 0) is 67.4 Å². The average molecular weight is 431 g/mol. The van der Waals surface area contributed by atoms with Crippen LogP contribution >= 0.6 is 23.2 Å². The fraction of sp³-hybridized carbons (Fsp3) is 0.727. The van der Waals surface area contributed by atoms with Crippen molar-refractivity contribution in [2.75, 3.05) is 13.1 Å². The number of hydrogen-bond donors (Lipinski definition) is 1. The summed E-state index contributed by atoms with van der Waals surface area (Å²) in [5.74, 6) is 0. The molecule has 2 nitrogen and oxygen atoms in total. The first-order chi connectivity index (χ1) is 12.8. The van der Waals surface area contributed by atoms with Gasteiger partial charge in [-0.1, -0.05) is 57.3 Å². The maximum atomic E-state index is 6.88. The van der Waals surface area contributed by atoms with Gasteiger partial charge in [0.25, 0.3) is 0 Å². The van der Waals surface area contributed by atoms with Crippen molar-refractivity contribution in [3.8, 4) is 0 Å². The zero-order chi connectivity index (χ0) is 20.1. The lowest BCUT2D eigenvalue weighted by atomic mass is 9.67. The molecular weight excluding hydrogens is 393 g/mol. The van der Waals surface area contributed by atoms with Gasteiger partial charge in [0.1, 0.15) is 0 Å². The van der Waals surface area contributed by atoms with Crippen molar-refractivity contribution in [2.45, 2.75) is 84.5 Å². The zero-order valence-corrected chi connectivity index (χ0v) is 20.3. The molecule has 0 aliphatic heterocycles. The van der Waals surface area contributed by atoms with E-state index in [1.165, 1.54) is 25.7 Å². The summed E-state index contributed by atoms with van der Waals surface area (Å²) >= 11 is 13.3. The van der Waals surface area contributed by atoms with Gasteiger partial charge < -0.3 is 9.74 Å². The van der Waals surface area contributed by atoms with Crippen molar-refractivity contribution >= 4 is 31.5 Å². The summed E-state index contributed by atoms with van der Waals surface area (Å²) in [6, 6.07) is 7.38. The number of rotatable bonds is 11. The number of halogens is 2. The lowest BCUT2D eigenvalue weighted by Crippen LogP contribution is -2.43. The summed E-state index contributed by atoms with van der Waals surface area (Å²) in [5, 5.41) is 5.18. The summed E-state index contributed by atoms with van der Waals surface area (Å²) < 4.78 is 6.88. The fourth-order valence-corrected chi connectivity index (χ4v) is 7.97. The Morgan fingerprint density at radius 1 is 1.07 bits per heavy atom. The molecule has 1 aromatic rings. The Kier molecular flexibility index (Phi) is 8.70. The Labute approximate surface area is 177 Å². The number of nitrogens with one attached hydrogen (secondary N) is 1. The molecule has 1 aliphatic carbocycles. The highest BCUT2D eigenvalue weighted by Crippen LogP contribution is 2.43. The highest BCUT2D eigenvalue weighted by molar-refractivity contribution is 6.73. The molecule has 2 rings (SSSR count). The van der Waals surface area contributed by atoms with E-state index in [4.69, 9.17) is 27.6 Å². The maximum absolute atomic E-state index is 6.88. The van der Waals surface area contributed by atoms with Crippen molar-refractivity contribution < 1.29 is 4.43 Å². The smallest absolute Gasteiger partial charge is 0.192 e. The van der Waals surface area contributed by atoms with Crippen LogP contribution in [0.3, 0.4) is 0 Å². The van der Waals surface area contributed by atoms with Crippen LogP contribution in [0.25, 0.3) is 0 Å². The third kappa shape index (κ3) is 5.51. The van der Waals surface area contributed by atoms with Gasteiger partial charge in [-0.3, -0.25) is 0 Å². The summed E-state index contributed by atoms with van der Waals surface area (Å²) in [5.41, 5.74) is 2.54. The normalized spacial score (nSPS) is 17.6. The van der Waals surface area contributed by atoms with Crippen LogP contribution in [0.2, 0.25) is 28.2 Å². The van der Waals surface area contributed by atoms with Gasteiger partial charge in [-0.15, -0.1) is 0 Å². The molecule has 0 spiro atoms. The minimum absolute atomic E-state index is 0.0777. The Balaban J connectivity index is 2.23. The molecule has 5 heteroatoms. The van der Waals surface area contributed by atoms with Crippen LogP contribution in [-0.4, -0.2) is 21.4 Å². The van der Waals surface area contributed by atoms with Gasteiger partial charge in [0.2, 0.25) is 0 Å². The molecule has 1 N–H and O–H groups in total. The molecule has 1 atom stereocenters. The second-order valence-electron chi connectivity index (χ2n) is 8.33. The summed E-state index contributed by atoms with van der Waals surface area (Å²) in [4.78, 5) is 0. The molecule has 27 heavy (non-hydrogen) atoms. The SMILES string of the molecule is CCC1(CNCC(O[Si](CC)(CC)CC)c2c(Cl)cc(C)cc2Cl)CCC1. The lowest BCUT2D eigenvalue weighted by Gasteiger charge is -2.42. The largest absolute Gasteiger partial charge is 0.409 e. The van der Waals surface area contributed by atoms with E-state index in [0.29, 0.717) is 5.41 Å². The minimum Gasteiger partial charge on any atom is -0.409 e. The van der Waals surface area contributed by atoms with Crippen molar-refractivity contribution in [2.24, 2.45) is 5.41 Å². The first kappa shape index (κ1) is 23.2. The lowest BCUT2D eigenvalue weighted by molar-refractivity contribution is 0.113. The predicted octanol–water partition coefficient (Wildman–Crippen LogP) is 7.53. The molecule has 1 aliphatic rings. The van der Waals surface area contributed by atoms with Crippen molar-refractivity contribution in [3.05, 3.63) is 33.3 Å². The topological polar surface area (TPSA) is 21.3 Å². The van der Waals surface area contributed by atoms with Crippen molar-refractivity contribution in [1.29, 1.82) is 0 Å². The first-order valence-corrected chi connectivity index (χ1v) is 14.0. The van der Waals surface area contributed by atoms with E-state index in [-0.39, 0.29) is 6.10 Å². The molecular formula is C22H37Cl2NOSi. The van der Waals surface area contributed by atoms with Crippen LogP contribution in [-0.2, 0) is 4.43 Å². The summed E-state index contributed by atoms with van der Waals surface area (Å²) in [7, 11) is -1.78. The van der Waals surface area contributed by atoms with E-state index >= 15 is 0 Å². The third-order valence-corrected chi connectivity index (χ3v) is 12.1. The maximum Gasteiger partial charge on any atom is 0.192 e. The Bertz CT molecular complexity index is 578. The number of hydrogen-bond acceptors (Lipinski definition) is 2. The zero-order valence-electron chi connectivity index (χ0n) is 17.8. The molecule has 1 unspecified atom stereocenters. The van der Waals surface area contributed by atoms with Crippen LogP contribution in [0.5, 0.6) is 0 Å². The highest BCUT2D eigenvalue weighted by Gasteiger charge is 2.36. The molecule has 0 amide bonds. The summed E-state index contributed by atoms with van der Waals surface area (Å²) in [6.07, 6.45) is 5.21. The van der Waals surface area contributed by atoms with Crippen LogP contribution in [0.4, 0.5) is 0 Å². The second-order valence-corrected chi connectivity index (χ2v) is 13.9. The Morgan fingerprint density at radius 3 is 2.04 bits per heavy atom. The van der Waals surface area contributed by atoms with E-state index in [2.05, 4.69) is 33.0 Å². The molecule has 0 aromatic heterocycles. The van der Waals surface area contributed by atoms with Crippen LogP contribution in [0.15, 0.2) is 12.1 Å². The molecule has 1 fully saturated rings. The first-order valence-electron chi connectivity index (χ1n) is 10.7. The summed E-state index contributed by atoms with van der Waals surface area (Å²) in [6.45, 7) is 13.0. The van der Waals surface area contributed by atoms with Crippen LogP contribution in [0.1, 0.15) is 70.6 Å². The van der Waals surface area contributed by atoms with E-state index < -0.39 is 8.32 Å². The fourth-order valence-electron chi connectivity index (χ4n) is 4.32. The second kappa shape index (κ2) is 10.1. The molecule has 0 heterocycles. The average Bonchev–Trinajstić information content (AvgIpc) is 2.60. The number of aryl methyl sites for hydroxylation is 1. The van der Waals surface area contributed by atoms with Crippen LogP contribution in [0, 0.1) is 12.3 Å². The third-order valence-electron chi connectivity index (χ3n) is 6.86. The van der Waals surface area contributed by atoms with E-state index in [9.17, 15) is 0 Å². The predicted molar refractivity (Wildman–Crippen MR) is 122 cm³/mol. The standard InChI is InChI=1S/C22H37Cl2NOSi/c1-6-22(11-10-12-22)16-25-15-20(26-27(7-2,8-3)9-4)21-18(23)13-17(5)14-19(21)24/h13-14,20,25H,6-12,15-16H2,1-5H3. The van der Waals surface area contributed by atoms with Crippen LogP contribution < -0.4 is 5.32 Å². The van der Waals surface area contributed by atoms with E-state index in [0.717, 1.165) is 52.4 Å². The van der Waals surface area contributed by atoms with E-state index in [1.807, 2.05) is 19.1 Å². The highest BCUT2D eigenvalue weighted by atomic mass is 35.5. The van der Waals surface area contributed by atoms with Crippen molar-refractivity contribution in [3.63, 3.8) is 0 Å². The van der Waals surface area contributed by atoms with Gasteiger partial charge in [-0.25, -0.2) is 0 Å². The molecule has 0 bridgehead atoms. The van der Waals surface area contributed by atoms with Gasteiger partial charge in [0, 0.05) is 28.7 Å². The molecule has 0 saturated heterocycles.